The average molecular weight is 390 g/mol. The third-order valence-electron chi connectivity index (χ3n) is 4.49. The number of carboxylic acid groups (broad SMARTS) is 1. The fourth-order valence-electron chi connectivity index (χ4n) is 3.15. The van der Waals surface area contributed by atoms with Crippen LogP contribution in [0.1, 0.15) is 20.8 Å². The molecule has 1 aliphatic heterocycles. The monoisotopic (exact) mass is 389 g/mol. The first-order chi connectivity index (χ1) is 12.0. The number of aliphatic hydroxyl groups is 1. The van der Waals surface area contributed by atoms with Crippen molar-refractivity contribution in [3.05, 3.63) is 21.6 Å². The number of nitro groups is 1. The molecule has 11 heteroatoms. The van der Waals surface area contributed by atoms with Crippen molar-refractivity contribution in [3.63, 3.8) is 0 Å². The number of imidazole rings is 1. The summed E-state index contributed by atoms with van der Waals surface area (Å²) >= 11 is 5.86. The van der Waals surface area contributed by atoms with Gasteiger partial charge in [-0.05, 0) is 26.9 Å². The van der Waals surface area contributed by atoms with Crippen LogP contribution < -0.4 is 0 Å². The molecule has 0 radical (unpaired) electrons. The highest BCUT2D eigenvalue weighted by atomic mass is 35.5. The molecule has 26 heavy (non-hydrogen) atoms. The van der Waals surface area contributed by atoms with Gasteiger partial charge in [-0.1, -0.05) is 20.8 Å². The first-order valence-electron chi connectivity index (χ1n) is 8.26. The van der Waals surface area contributed by atoms with Crippen molar-refractivity contribution in [1.82, 2.24) is 19.4 Å². The quantitative estimate of drug-likeness (QED) is 0.577. The number of aliphatic hydroxyl groups excluding tert-OH is 1. The van der Waals surface area contributed by atoms with Crippen molar-refractivity contribution in [3.8, 4) is 0 Å². The topological polar surface area (TPSA) is 125 Å². The molecule has 1 aromatic rings. The summed E-state index contributed by atoms with van der Waals surface area (Å²) in [5.41, 5.74) is -0.240. The van der Waals surface area contributed by atoms with Gasteiger partial charge in [-0.15, -0.1) is 0 Å². The van der Waals surface area contributed by atoms with Gasteiger partial charge in [0.2, 0.25) is 0 Å². The summed E-state index contributed by atoms with van der Waals surface area (Å²) in [6.45, 7) is 7.70. The minimum absolute atomic E-state index is 0.0565. The fraction of sp³-hybridized carbons (Fsp3) is 0.733. The van der Waals surface area contributed by atoms with Crippen LogP contribution in [0.25, 0.3) is 0 Å². The molecule has 1 aliphatic rings. The van der Waals surface area contributed by atoms with Crippen LogP contribution in [0.15, 0.2) is 6.20 Å². The lowest BCUT2D eigenvalue weighted by molar-refractivity contribution is -0.389. The van der Waals surface area contributed by atoms with Gasteiger partial charge in [0, 0.05) is 26.2 Å². The molecule has 1 amide bonds. The average Bonchev–Trinajstić information content (AvgIpc) is 2.87. The highest BCUT2D eigenvalue weighted by Crippen LogP contribution is 2.28. The molecule has 10 nitrogen and oxygen atoms in total. The molecular weight excluding hydrogens is 366 g/mol. The van der Waals surface area contributed by atoms with Crippen LogP contribution in [0.5, 0.6) is 0 Å². The van der Waals surface area contributed by atoms with Crippen molar-refractivity contribution in [1.29, 1.82) is 0 Å². The maximum Gasteiger partial charge on any atom is 0.407 e. The van der Waals surface area contributed by atoms with E-state index in [1.54, 1.807) is 0 Å². The van der Waals surface area contributed by atoms with Crippen molar-refractivity contribution >= 4 is 23.5 Å². The molecule has 1 saturated heterocycles. The summed E-state index contributed by atoms with van der Waals surface area (Å²) in [5, 5.41) is 30.4. The van der Waals surface area contributed by atoms with Gasteiger partial charge >= 0.3 is 17.2 Å². The minimum atomic E-state index is -0.942. The number of hydrogen-bond acceptors (Lipinski definition) is 6. The van der Waals surface area contributed by atoms with Gasteiger partial charge in [-0.2, -0.15) is 0 Å². The van der Waals surface area contributed by atoms with E-state index in [0.29, 0.717) is 26.2 Å². The number of nitrogens with zero attached hydrogens (tertiary/aromatic N) is 5. The van der Waals surface area contributed by atoms with E-state index in [1.165, 1.54) is 15.7 Å². The molecule has 0 aliphatic carbocycles. The van der Waals surface area contributed by atoms with Gasteiger partial charge in [0.05, 0.1) is 18.7 Å². The van der Waals surface area contributed by atoms with Crippen LogP contribution in [0.4, 0.5) is 10.6 Å². The summed E-state index contributed by atoms with van der Waals surface area (Å²) < 4.78 is 1.33. The molecule has 2 N–H and O–H groups in total. The van der Waals surface area contributed by atoms with Crippen LogP contribution in [0, 0.1) is 15.5 Å². The van der Waals surface area contributed by atoms with Crippen LogP contribution >= 0.6 is 11.6 Å². The van der Waals surface area contributed by atoms with E-state index in [0.717, 1.165) is 0 Å². The lowest BCUT2D eigenvalue weighted by Crippen LogP contribution is -2.60. The number of piperazine rings is 1. The van der Waals surface area contributed by atoms with E-state index in [-0.39, 0.29) is 29.1 Å². The van der Waals surface area contributed by atoms with Crippen LogP contribution in [-0.2, 0) is 6.54 Å². The molecule has 0 spiro atoms. The zero-order valence-corrected chi connectivity index (χ0v) is 15.8. The van der Waals surface area contributed by atoms with Crippen LogP contribution in [-0.4, -0.2) is 78.9 Å². The van der Waals surface area contributed by atoms with E-state index in [4.69, 9.17) is 11.6 Å². The Hall–Kier alpha value is -1.91. The van der Waals surface area contributed by atoms with E-state index < -0.39 is 17.1 Å². The Morgan fingerprint density at radius 3 is 2.62 bits per heavy atom. The molecule has 1 unspecified atom stereocenters. The minimum Gasteiger partial charge on any atom is -0.465 e. The Labute approximate surface area is 156 Å². The van der Waals surface area contributed by atoms with Gasteiger partial charge < -0.3 is 25.2 Å². The number of rotatable bonds is 5. The molecule has 2 heterocycles. The van der Waals surface area contributed by atoms with Gasteiger partial charge in [-0.3, -0.25) is 9.47 Å². The molecular formula is C15H24ClN5O5. The zero-order valence-electron chi connectivity index (χ0n) is 15.0. The predicted molar refractivity (Wildman–Crippen MR) is 94.3 cm³/mol. The van der Waals surface area contributed by atoms with Gasteiger partial charge in [0.1, 0.15) is 6.20 Å². The Bertz CT molecular complexity index is 674. The summed E-state index contributed by atoms with van der Waals surface area (Å²) in [5.74, 6) is -0.370. The van der Waals surface area contributed by atoms with E-state index in [1.807, 2.05) is 25.7 Å². The zero-order chi connectivity index (χ0) is 19.6. The van der Waals surface area contributed by atoms with E-state index >= 15 is 0 Å². The van der Waals surface area contributed by atoms with Gasteiger partial charge in [0.25, 0.3) is 0 Å². The SMILES string of the molecule is CC(C)(C)[C@@H]1CN(CC(O)Cn2cc([N+](=O)[O-])nc2Cl)CCN1C(=O)O. The molecule has 0 saturated carbocycles. The summed E-state index contributed by atoms with van der Waals surface area (Å²) in [7, 11) is 0. The molecule has 0 aromatic carbocycles. The Balaban J connectivity index is 2.00. The number of amides is 1. The molecule has 1 aromatic heterocycles. The van der Waals surface area contributed by atoms with Crippen molar-refractivity contribution in [2.24, 2.45) is 5.41 Å². The second-order valence-electron chi connectivity index (χ2n) is 7.55. The Kier molecular flexibility index (Phi) is 6.09. The maximum absolute atomic E-state index is 11.5. The second kappa shape index (κ2) is 7.77. The smallest absolute Gasteiger partial charge is 0.407 e. The van der Waals surface area contributed by atoms with Crippen molar-refractivity contribution in [2.45, 2.75) is 39.5 Å². The summed E-state index contributed by atoms with van der Waals surface area (Å²) in [6, 6.07) is -0.195. The second-order valence-corrected chi connectivity index (χ2v) is 7.89. The number of β-amino-alcohol motifs (C(OH)–C–C–N with tert-alkyl or cyclic N) is 1. The molecule has 1 fully saturated rings. The van der Waals surface area contributed by atoms with Crippen LogP contribution in [0.2, 0.25) is 5.28 Å². The largest absolute Gasteiger partial charge is 0.465 e. The molecule has 146 valence electrons. The van der Waals surface area contributed by atoms with Gasteiger partial charge in [0.15, 0.2) is 0 Å². The standard InChI is InChI=1S/C15H24ClN5O5/c1-15(2,3)11-8-18(4-5-20(11)14(23)24)6-10(22)7-19-9-12(21(25)26)17-13(19)16/h9-11,22H,4-8H2,1-3H3,(H,23,24)/t10?,11-/m0/s1. The number of hydrogen-bond donors (Lipinski definition) is 2. The van der Waals surface area contributed by atoms with E-state index in [9.17, 15) is 25.1 Å². The normalized spacial score (nSPS) is 20.2. The van der Waals surface area contributed by atoms with E-state index in [2.05, 4.69) is 4.98 Å². The molecule has 2 rings (SSSR count). The molecule has 0 bridgehead atoms. The third-order valence-corrected chi connectivity index (χ3v) is 4.79. The summed E-state index contributed by atoms with van der Waals surface area (Å²) in [4.78, 5) is 28.6. The lowest BCUT2D eigenvalue weighted by Gasteiger charge is -2.46. The predicted octanol–water partition coefficient (Wildman–Crippen LogP) is 1.52. The van der Waals surface area contributed by atoms with Crippen molar-refractivity contribution in [2.75, 3.05) is 26.2 Å². The number of aromatic nitrogens is 2. The Morgan fingerprint density at radius 2 is 2.12 bits per heavy atom. The third kappa shape index (κ3) is 4.83. The highest BCUT2D eigenvalue weighted by molar-refractivity contribution is 6.28. The number of carbonyl (C=O) groups is 1. The molecule has 2 atom stereocenters. The highest BCUT2D eigenvalue weighted by Gasteiger charge is 2.38. The maximum atomic E-state index is 11.5. The van der Waals surface area contributed by atoms with Gasteiger partial charge in [-0.25, -0.2) is 4.79 Å². The fourth-order valence-corrected chi connectivity index (χ4v) is 3.36. The first-order valence-corrected chi connectivity index (χ1v) is 8.64. The summed E-state index contributed by atoms with van der Waals surface area (Å²) in [6.07, 6.45) is -0.577. The lowest BCUT2D eigenvalue weighted by atomic mass is 9.84. The Morgan fingerprint density at radius 1 is 1.46 bits per heavy atom. The van der Waals surface area contributed by atoms with Crippen molar-refractivity contribution < 1.29 is 19.9 Å². The first kappa shape index (κ1) is 20.4. The number of halogens is 1. The van der Waals surface area contributed by atoms with Crippen LogP contribution in [0.3, 0.4) is 0 Å².